The van der Waals surface area contributed by atoms with Crippen LogP contribution in [-0.2, 0) is 9.50 Å². The van der Waals surface area contributed by atoms with Crippen molar-refractivity contribution >= 4 is 95.6 Å². The van der Waals surface area contributed by atoms with Gasteiger partial charge in [-0.25, -0.2) is 0 Å². The number of fused-ring (bicyclic) bond motifs is 2. The Hall–Kier alpha value is -1.36. The molecule has 0 aliphatic rings. The third-order valence-electron chi connectivity index (χ3n) is 8.72. The Bertz CT molecular complexity index is 1890. The fourth-order valence-electron chi connectivity index (χ4n) is 6.22. The predicted molar refractivity (Wildman–Crippen MR) is 254 cm³/mol. The quantitative estimate of drug-likeness (QED) is 0.0469. The van der Waals surface area contributed by atoms with Crippen molar-refractivity contribution in [3.05, 3.63) is 146 Å². The summed E-state index contributed by atoms with van der Waals surface area (Å²) in [6.45, 7) is 18.2. The molecular weight excluding hydrogens is 1000 g/mol. The van der Waals surface area contributed by atoms with E-state index in [1.54, 1.807) is 0 Å². The van der Waals surface area contributed by atoms with E-state index in [2.05, 4.69) is 214 Å². The van der Waals surface area contributed by atoms with Crippen LogP contribution in [0.4, 0.5) is 11.4 Å². The number of quaternary nitrogens is 2. The predicted octanol–water partition coefficient (Wildman–Crippen LogP) is 14.5. The number of likely N-dealkylation sites (N-methyl/N-ethyl adjacent to an activating group) is 2. The van der Waals surface area contributed by atoms with E-state index in [9.17, 15) is 0 Å². The summed E-state index contributed by atoms with van der Waals surface area (Å²) >= 11 is 4.21. The van der Waals surface area contributed by atoms with Gasteiger partial charge in [-0.2, -0.15) is 12.1 Å². The molecule has 0 bridgehead atoms. The Morgan fingerprint density at radius 3 is 1.23 bits per heavy atom. The molecular formula is C44H52Cl2I2N2SiZr. The molecule has 8 heteroatoms. The average Bonchev–Trinajstić information content (AvgIpc) is 3.65. The van der Waals surface area contributed by atoms with Crippen molar-refractivity contribution in [2.24, 2.45) is 0 Å². The summed E-state index contributed by atoms with van der Waals surface area (Å²) in [5.74, 6) is 0. The first kappa shape index (κ1) is 45.0. The van der Waals surface area contributed by atoms with Gasteiger partial charge in [0.25, 0.3) is 0 Å². The molecule has 0 atom stereocenters. The first-order valence-electron chi connectivity index (χ1n) is 17.2. The van der Waals surface area contributed by atoms with E-state index in [1.807, 2.05) is 12.2 Å². The second-order valence-corrected chi connectivity index (χ2v) is 71.4. The molecule has 0 aliphatic heterocycles. The van der Waals surface area contributed by atoms with Gasteiger partial charge in [0, 0.05) is 9.52 Å². The SMILES string of the molecule is C=CC[N+](C)(C)c1ccc(-c2cccc3[cH-]c(C)cc23)cc1.C=CC[N+](C)(C)c1ccc(-c2cccc3[cH-]c(C)cc23)cc1.C[Si]C.[Cl][Zr]([Cl])([I])[I]. The fraction of sp³-hybridized carbons (Fsp3) is 0.227. The number of rotatable bonds is 8. The van der Waals surface area contributed by atoms with Crippen LogP contribution in [0.1, 0.15) is 11.1 Å². The van der Waals surface area contributed by atoms with Gasteiger partial charge in [0.2, 0.25) is 0 Å². The molecule has 0 saturated carbocycles. The van der Waals surface area contributed by atoms with E-state index >= 15 is 0 Å². The molecule has 6 rings (SSSR count). The van der Waals surface area contributed by atoms with Gasteiger partial charge < -0.3 is 0 Å². The number of benzene rings is 4. The van der Waals surface area contributed by atoms with Crippen molar-refractivity contribution in [3.8, 4) is 22.3 Å². The first-order valence-corrected chi connectivity index (χ1v) is 40.1. The normalized spacial score (nSPS) is 11.5. The van der Waals surface area contributed by atoms with Gasteiger partial charge in [0.1, 0.15) is 24.5 Å². The van der Waals surface area contributed by atoms with E-state index in [1.165, 1.54) is 66.3 Å². The van der Waals surface area contributed by atoms with Crippen LogP contribution in [0.15, 0.2) is 135 Å². The van der Waals surface area contributed by atoms with Gasteiger partial charge in [-0.3, -0.25) is 8.97 Å². The number of hydrogen-bond acceptors (Lipinski definition) is 0. The average molecular weight is 1050 g/mol. The molecule has 0 N–H and O–H groups in total. The molecule has 2 radical (unpaired) electrons. The number of halogens is 4. The van der Waals surface area contributed by atoms with Crippen LogP contribution in [-0.4, -0.2) is 50.8 Å². The Kier molecular flexibility index (Phi) is 17.8. The van der Waals surface area contributed by atoms with E-state index < -0.39 is 9.50 Å². The van der Waals surface area contributed by atoms with Gasteiger partial charge in [0.05, 0.1) is 28.2 Å². The fourth-order valence-corrected chi connectivity index (χ4v) is 6.22. The number of aryl methyl sites for hydroxylation is 2. The summed E-state index contributed by atoms with van der Waals surface area (Å²) in [5, 5.41) is 5.32. The molecule has 0 fully saturated rings. The summed E-state index contributed by atoms with van der Waals surface area (Å²) < 4.78 is 1.65. The number of nitrogens with zero attached hydrogens (tertiary/aromatic N) is 2. The molecule has 6 aromatic rings. The van der Waals surface area contributed by atoms with Crippen molar-refractivity contribution < 1.29 is 9.50 Å². The Balaban J connectivity index is 0.000000233. The van der Waals surface area contributed by atoms with E-state index in [0.29, 0.717) is 0 Å². The van der Waals surface area contributed by atoms with Crippen LogP contribution in [0.5, 0.6) is 0 Å². The van der Waals surface area contributed by atoms with Crippen molar-refractivity contribution in [1.82, 2.24) is 8.97 Å². The van der Waals surface area contributed by atoms with Crippen LogP contribution in [0, 0.1) is 13.8 Å². The summed E-state index contributed by atoms with van der Waals surface area (Å²) in [4.78, 5) is 0. The van der Waals surface area contributed by atoms with Crippen LogP contribution < -0.4 is 8.97 Å². The molecule has 0 heterocycles. The molecule has 0 amide bonds. The molecule has 6 aromatic carbocycles. The minimum absolute atomic E-state index is 0.823. The van der Waals surface area contributed by atoms with Crippen molar-refractivity contribution in [3.63, 3.8) is 0 Å². The number of hydrogen-bond donors (Lipinski definition) is 0. The molecule has 52 heavy (non-hydrogen) atoms. The Labute approximate surface area is 346 Å². The van der Waals surface area contributed by atoms with Gasteiger partial charge in [-0.1, -0.05) is 63.4 Å². The monoisotopic (exact) mass is 1050 g/mol. The molecule has 0 aromatic heterocycles. The van der Waals surface area contributed by atoms with Crippen molar-refractivity contribution in [2.75, 3.05) is 41.3 Å². The standard InChI is InChI=1S/2C21H23N.C2H6Si.2ClH.2HI.Zr/c2*1-5-13-22(3,4)19-11-9-17(10-12-19)20-8-6-7-18-14-16(2)15-21(18)20;1-3-2;;;;;/h2*5-12,14-15H,1,13H2,2-4H3;1-2H3;4*1H;/q;;;;;;;+4/p-4. The zero-order chi connectivity index (χ0) is 38.7. The zero-order valence-electron chi connectivity index (χ0n) is 31.8. The molecule has 0 saturated heterocycles. The first-order chi connectivity index (χ1) is 24.4. The molecule has 0 unspecified atom stereocenters. The molecule has 2 nitrogen and oxygen atoms in total. The van der Waals surface area contributed by atoms with Gasteiger partial charge in [0.15, 0.2) is 0 Å². The zero-order valence-corrected chi connectivity index (χ0v) is 41.1. The Morgan fingerprint density at radius 1 is 0.635 bits per heavy atom. The summed E-state index contributed by atoms with van der Waals surface area (Å²) in [5.41, 5.74) is 10.4. The molecule has 0 aliphatic carbocycles. The second-order valence-electron chi connectivity index (χ2n) is 14.0. The van der Waals surface area contributed by atoms with E-state index in [0.717, 1.165) is 31.6 Å². The van der Waals surface area contributed by atoms with E-state index in [-0.39, 0.29) is 0 Å². The van der Waals surface area contributed by atoms with Crippen LogP contribution in [0.2, 0.25) is 13.1 Å². The molecule has 274 valence electrons. The van der Waals surface area contributed by atoms with Crippen LogP contribution in [0.3, 0.4) is 0 Å². The second kappa shape index (κ2) is 20.5. The van der Waals surface area contributed by atoms with Gasteiger partial charge in [-0.15, -0.1) is 69.1 Å². The molecule has 0 spiro atoms. The topological polar surface area (TPSA) is 0 Å². The minimum atomic E-state index is -2.30. The summed E-state index contributed by atoms with van der Waals surface area (Å²) in [7, 11) is 18.6. The van der Waals surface area contributed by atoms with Gasteiger partial charge >= 0.3 is 62.6 Å². The summed E-state index contributed by atoms with van der Waals surface area (Å²) in [6, 6.07) is 40.0. The summed E-state index contributed by atoms with van der Waals surface area (Å²) in [6.07, 6.45) is 3.95. The van der Waals surface area contributed by atoms with E-state index in [4.69, 9.17) is 17.0 Å². The Morgan fingerprint density at radius 2 is 0.942 bits per heavy atom. The van der Waals surface area contributed by atoms with Gasteiger partial charge in [-0.05, 0) is 71.8 Å². The van der Waals surface area contributed by atoms with Crippen LogP contribution in [0.25, 0.3) is 43.8 Å². The maximum atomic E-state index is 5.48. The van der Waals surface area contributed by atoms with Crippen LogP contribution >= 0.6 is 53.1 Å². The van der Waals surface area contributed by atoms with Crippen molar-refractivity contribution in [1.29, 1.82) is 0 Å². The third kappa shape index (κ3) is 13.4. The maximum absolute atomic E-state index is 5.48. The van der Waals surface area contributed by atoms with Crippen molar-refractivity contribution in [2.45, 2.75) is 26.9 Å². The third-order valence-corrected chi connectivity index (χ3v) is 8.72.